The number of benzene rings is 1. The third kappa shape index (κ3) is 3.70. The van der Waals surface area contributed by atoms with Crippen molar-refractivity contribution in [2.24, 2.45) is 0 Å². The summed E-state index contributed by atoms with van der Waals surface area (Å²) >= 11 is 0. The summed E-state index contributed by atoms with van der Waals surface area (Å²) < 4.78 is 9.90. The highest BCUT2D eigenvalue weighted by atomic mass is 16.5. The standard InChI is InChI=1S/C15H21NO3/c1-18-14-7-5-12(6-8-14)10-13-4-3-9-16(13)11-15(17)19-2/h5-8,13H,3-4,9-11H2,1-2H3. The average molecular weight is 263 g/mol. The smallest absolute Gasteiger partial charge is 0.319 e. The highest BCUT2D eigenvalue weighted by Crippen LogP contribution is 2.22. The summed E-state index contributed by atoms with van der Waals surface area (Å²) in [5.74, 6) is 0.725. The van der Waals surface area contributed by atoms with Crippen LogP contribution in [0.15, 0.2) is 24.3 Å². The van der Waals surface area contributed by atoms with Gasteiger partial charge in [0.25, 0.3) is 0 Å². The first-order chi connectivity index (χ1) is 9.22. The lowest BCUT2D eigenvalue weighted by molar-refractivity contribution is -0.142. The Morgan fingerprint density at radius 3 is 2.68 bits per heavy atom. The SMILES string of the molecule is COC(=O)CN1CCCC1Cc1ccc(OC)cc1. The van der Waals surface area contributed by atoms with E-state index in [1.807, 2.05) is 12.1 Å². The van der Waals surface area contributed by atoms with Crippen molar-refractivity contribution >= 4 is 5.97 Å². The first-order valence-electron chi connectivity index (χ1n) is 6.66. The average Bonchev–Trinajstić information content (AvgIpc) is 2.86. The van der Waals surface area contributed by atoms with Gasteiger partial charge in [-0.3, -0.25) is 9.69 Å². The molecule has 1 aliphatic rings. The predicted octanol–water partition coefficient (Wildman–Crippen LogP) is 1.88. The van der Waals surface area contributed by atoms with E-state index >= 15 is 0 Å². The third-order valence-corrected chi connectivity index (χ3v) is 3.69. The number of likely N-dealkylation sites (tertiary alicyclic amines) is 1. The molecule has 0 aliphatic carbocycles. The zero-order chi connectivity index (χ0) is 13.7. The van der Waals surface area contributed by atoms with E-state index in [9.17, 15) is 4.79 Å². The Bertz CT molecular complexity index is 416. The number of hydrogen-bond donors (Lipinski definition) is 0. The molecule has 2 rings (SSSR count). The second kappa shape index (κ2) is 6.57. The van der Waals surface area contributed by atoms with Crippen molar-refractivity contribution in [2.75, 3.05) is 27.3 Å². The van der Waals surface area contributed by atoms with Gasteiger partial charge in [-0.05, 0) is 43.5 Å². The minimum Gasteiger partial charge on any atom is -0.497 e. The van der Waals surface area contributed by atoms with E-state index < -0.39 is 0 Å². The van der Waals surface area contributed by atoms with Gasteiger partial charge in [0.2, 0.25) is 0 Å². The monoisotopic (exact) mass is 263 g/mol. The summed E-state index contributed by atoms with van der Waals surface area (Å²) in [7, 11) is 3.11. The molecule has 1 saturated heterocycles. The molecule has 1 heterocycles. The van der Waals surface area contributed by atoms with E-state index in [0.717, 1.165) is 31.6 Å². The number of esters is 1. The van der Waals surface area contributed by atoms with Crippen LogP contribution in [0.2, 0.25) is 0 Å². The largest absolute Gasteiger partial charge is 0.497 e. The molecule has 1 fully saturated rings. The quantitative estimate of drug-likeness (QED) is 0.760. The fraction of sp³-hybridized carbons (Fsp3) is 0.533. The highest BCUT2D eigenvalue weighted by molar-refractivity contribution is 5.71. The van der Waals surface area contributed by atoms with Crippen LogP contribution in [0.1, 0.15) is 18.4 Å². The predicted molar refractivity (Wildman–Crippen MR) is 73.3 cm³/mol. The minimum absolute atomic E-state index is 0.151. The topological polar surface area (TPSA) is 38.8 Å². The van der Waals surface area contributed by atoms with Crippen LogP contribution in [0.25, 0.3) is 0 Å². The molecule has 0 aromatic heterocycles. The summed E-state index contributed by atoms with van der Waals surface area (Å²) in [5, 5.41) is 0. The Morgan fingerprint density at radius 1 is 1.32 bits per heavy atom. The van der Waals surface area contributed by atoms with E-state index in [1.165, 1.54) is 12.7 Å². The summed E-state index contributed by atoms with van der Waals surface area (Å²) in [5.41, 5.74) is 1.28. The molecule has 1 aromatic rings. The van der Waals surface area contributed by atoms with Crippen molar-refractivity contribution in [1.29, 1.82) is 0 Å². The van der Waals surface area contributed by atoms with Crippen LogP contribution in [0.5, 0.6) is 5.75 Å². The Balaban J connectivity index is 1.94. The summed E-state index contributed by atoms with van der Waals surface area (Å²) in [6, 6.07) is 8.58. The zero-order valence-corrected chi connectivity index (χ0v) is 11.6. The summed E-state index contributed by atoms with van der Waals surface area (Å²) in [6.45, 7) is 1.38. The van der Waals surface area contributed by atoms with Gasteiger partial charge in [0.15, 0.2) is 0 Å². The lowest BCUT2D eigenvalue weighted by atomic mass is 10.0. The second-order valence-corrected chi connectivity index (χ2v) is 4.89. The van der Waals surface area contributed by atoms with Gasteiger partial charge in [0.05, 0.1) is 20.8 Å². The molecule has 1 unspecified atom stereocenters. The molecule has 0 saturated carbocycles. The maximum Gasteiger partial charge on any atom is 0.319 e. The van der Waals surface area contributed by atoms with Crippen molar-refractivity contribution in [3.8, 4) is 5.75 Å². The van der Waals surface area contributed by atoms with Gasteiger partial charge in [-0.15, -0.1) is 0 Å². The lowest BCUT2D eigenvalue weighted by Crippen LogP contribution is -2.36. The van der Waals surface area contributed by atoms with Crippen LogP contribution < -0.4 is 4.74 Å². The molecule has 19 heavy (non-hydrogen) atoms. The summed E-state index contributed by atoms with van der Waals surface area (Å²) in [4.78, 5) is 13.6. The number of methoxy groups -OCH3 is 2. The summed E-state index contributed by atoms with van der Waals surface area (Å²) in [6.07, 6.45) is 3.27. The molecule has 4 heteroatoms. The number of rotatable bonds is 5. The van der Waals surface area contributed by atoms with Crippen LogP contribution in [0, 0.1) is 0 Å². The van der Waals surface area contributed by atoms with Crippen LogP contribution in [-0.4, -0.2) is 44.2 Å². The molecule has 0 radical (unpaired) electrons. The fourth-order valence-corrected chi connectivity index (χ4v) is 2.60. The molecular formula is C15H21NO3. The molecule has 104 valence electrons. The second-order valence-electron chi connectivity index (χ2n) is 4.89. The van der Waals surface area contributed by atoms with Gasteiger partial charge in [-0.1, -0.05) is 12.1 Å². The maximum atomic E-state index is 11.4. The maximum absolute atomic E-state index is 11.4. The van der Waals surface area contributed by atoms with Gasteiger partial charge in [-0.25, -0.2) is 0 Å². The zero-order valence-electron chi connectivity index (χ0n) is 11.6. The molecular weight excluding hydrogens is 242 g/mol. The molecule has 1 aromatic carbocycles. The number of ether oxygens (including phenoxy) is 2. The van der Waals surface area contributed by atoms with Gasteiger partial charge in [0.1, 0.15) is 5.75 Å². The van der Waals surface area contributed by atoms with Crippen molar-refractivity contribution in [2.45, 2.75) is 25.3 Å². The van der Waals surface area contributed by atoms with Crippen LogP contribution >= 0.6 is 0 Å². The first kappa shape index (κ1) is 13.9. The lowest BCUT2D eigenvalue weighted by Gasteiger charge is -2.23. The van der Waals surface area contributed by atoms with E-state index in [1.54, 1.807) is 7.11 Å². The first-order valence-corrected chi connectivity index (χ1v) is 6.66. The van der Waals surface area contributed by atoms with E-state index in [-0.39, 0.29) is 5.97 Å². The van der Waals surface area contributed by atoms with Crippen LogP contribution in [0.4, 0.5) is 0 Å². The van der Waals surface area contributed by atoms with Gasteiger partial charge >= 0.3 is 5.97 Å². The molecule has 0 N–H and O–H groups in total. The Labute approximate surface area is 114 Å². The van der Waals surface area contributed by atoms with Crippen LogP contribution in [0.3, 0.4) is 0 Å². The van der Waals surface area contributed by atoms with E-state index in [0.29, 0.717) is 12.6 Å². The highest BCUT2D eigenvalue weighted by Gasteiger charge is 2.26. The third-order valence-electron chi connectivity index (χ3n) is 3.69. The minimum atomic E-state index is -0.151. The van der Waals surface area contributed by atoms with Crippen LogP contribution in [-0.2, 0) is 16.0 Å². The van der Waals surface area contributed by atoms with Crippen molar-refractivity contribution in [3.05, 3.63) is 29.8 Å². The van der Waals surface area contributed by atoms with Gasteiger partial charge in [0, 0.05) is 6.04 Å². The number of nitrogens with zero attached hydrogens (tertiary/aromatic N) is 1. The number of hydrogen-bond acceptors (Lipinski definition) is 4. The number of carbonyl (C=O) groups excluding carboxylic acids is 1. The molecule has 0 spiro atoms. The fourth-order valence-electron chi connectivity index (χ4n) is 2.60. The van der Waals surface area contributed by atoms with E-state index in [4.69, 9.17) is 9.47 Å². The molecule has 0 amide bonds. The van der Waals surface area contributed by atoms with Gasteiger partial charge < -0.3 is 9.47 Å². The molecule has 0 bridgehead atoms. The van der Waals surface area contributed by atoms with E-state index in [2.05, 4.69) is 17.0 Å². The Morgan fingerprint density at radius 2 is 2.05 bits per heavy atom. The normalized spacial score (nSPS) is 19.4. The van der Waals surface area contributed by atoms with Crippen molar-refractivity contribution in [1.82, 2.24) is 4.90 Å². The molecule has 1 atom stereocenters. The number of carbonyl (C=O) groups is 1. The molecule has 1 aliphatic heterocycles. The molecule has 4 nitrogen and oxygen atoms in total. The Kier molecular flexibility index (Phi) is 4.80. The van der Waals surface area contributed by atoms with Gasteiger partial charge in [-0.2, -0.15) is 0 Å². The Hall–Kier alpha value is -1.55. The van der Waals surface area contributed by atoms with Crippen molar-refractivity contribution in [3.63, 3.8) is 0 Å². The van der Waals surface area contributed by atoms with Crippen molar-refractivity contribution < 1.29 is 14.3 Å².